The molecular formula is C17H20O2. The maximum absolute atomic E-state index is 9.54. The van der Waals surface area contributed by atoms with Gasteiger partial charge < -0.3 is 9.84 Å². The lowest BCUT2D eigenvalue weighted by Gasteiger charge is -2.10. The first-order valence-electron chi connectivity index (χ1n) is 6.67. The highest BCUT2D eigenvalue weighted by atomic mass is 16.5. The summed E-state index contributed by atoms with van der Waals surface area (Å²) in [5.74, 6) is 0.790. The number of aryl methyl sites for hydroxylation is 1. The van der Waals surface area contributed by atoms with Crippen LogP contribution in [0.2, 0.25) is 0 Å². The van der Waals surface area contributed by atoms with Crippen LogP contribution < -0.4 is 4.74 Å². The molecule has 0 aliphatic carbocycles. The van der Waals surface area contributed by atoms with Crippen molar-refractivity contribution in [3.63, 3.8) is 0 Å². The van der Waals surface area contributed by atoms with E-state index in [9.17, 15) is 5.11 Å². The second kappa shape index (κ2) is 6.39. The molecule has 2 aromatic carbocycles. The quantitative estimate of drug-likeness (QED) is 0.879. The normalized spacial score (nSPS) is 12.2. The van der Waals surface area contributed by atoms with E-state index in [1.807, 2.05) is 24.3 Å². The Bertz CT molecular complexity index is 515. The van der Waals surface area contributed by atoms with Gasteiger partial charge in [0.05, 0.1) is 6.10 Å². The Hall–Kier alpha value is -1.80. The first-order chi connectivity index (χ1) is 9.19. The van der Waals surface area contributed by atoms with E-state index in [4.69, 9.17) is 4.74 Å². The Morgan fingerprint density at radius 2 is 1.74 bits per heavy atom. The lowest BCUT2D eigenvalue weighted by molar-refractivity contribution is 0.198. The van der Waals surface area contributed by atoms with Crippen molar-refractivity contribution in [2.75, 3.05) is 0 Å². The number of benzene rings is 2. The zero-order valence-corrected chi connectivity index (χ0v) is 11.5. The van der Waals surface area contributed by atoms with Crippen LogP contribution in [-0.4, -0.2) is 5.11 Å². The fourth-order valence-electron chi connectivity index (χ4n) is 1.90. The summed E-state index contributed by atoms with van der Waals surface area (Å²) in [4.78, 5) is 0. The van der Waals surface area contributed by atoms with E-state index in [0.717, 1.165) is 23.3 Å². The van der Waals surface area contributed by atoms with Crippen LogP contribution in [0.25, 0.3) is 0 Å². The number of aliphatic hydroxyl groups excluding tert-OH is 1. The van der Waals surface area contributed by atoms with Gasteiger partial charge in [0.2, 0.25) is 0 Å². The van der Waals surface area contributed by atoms with Gasteiger partial charge in [-0.2, -0.15) is 0 Å². The fraction of sp³-hybridized carbons (Fsp3) is 0.294. The molecule has 100 valence electrons. The zero-order chi connectivity index (χ0) is 13.7. The molecular weight excluding hydrogens is 236 g/mol. The molecule has 0 saturated carbocycles. The molecule has 2 heteroatoms. The smallest absolute Gasteiger partial charge is 0.120 e. The van der Waals surface area contributed by atoms with E-state index in [2.05, 4.69) is 31.2 Å². The SMILES string of the molecule is CCc1ccc(COc2cccc([C@@H](C)O)c2)cc1. The predicted octanol–water partition coefficient (Wildman–Crippen LogP) is 3.88. The fourth-order valence-corrected chi connectivity index (χ4v) is 1.90. The third-order valence-corrected chi connectivity index (χ3v) is 3.18. The van der Waals surface area contributed by atoms with E-state index < -0.39 is 6.10 Å². The number of rotatable bonds is 5. The van der Waals surface area contributed by atoms with Gasteiger partial charge in [-0.15, -0.1) is 0 Å². The molecule has 0 aliphatic rings. The van der Waals surface area contributed by atoms with Crippen LogP contribution in [0.5, 0.6) is 5.75 Å². The summed E-state index contributed by atoms with van der Waals surface area (Å²) in [5.41, 5.74) is 3.36. The Kier molecular flexibility index (Phi) is 4.58. The molecule has 0 amide bonds. The maximum atomic E-state index is 9.54. The molecule has 0 spiro atoms. The molecule has 0 aliphatic heterocycles. The molecule has 0 unspecified atom stereocenters. The molecule has 0 fully saturated rings. The standard InChI is InChI=1S/C17H20O2/c1-3-14-7-9-15(10-8-14)12-19-17-6-4-5-16(11-17)13(2)18/h4-11,13,18H,3,12H2,1-2H3/t13-/m1/s1. The summed E-state index contributed by atoms with van der Waals surface area (Å²) in [6.45, 7) is 4.45. The van der Waals surface area contributed by atoms with Crippen LogP contribution in [0.1, 0.15) is 36.6 Å². The third kappa shape index (κ3) is 3.83. The van der Waals surface area contributed by atoms with Crippen molar-refractivity contribution in [3.8, 4) is 5.75 Å². The van der Waals surface area contributed by atoms with E-state index in [1.165, 1.54) is 5.56 Å². The summed E-state index contributed by atoms with van der Waals surface area (Å²) >= 11 is 0. The molecule has 0 aromatic heterocycles. The van der Waals surface area contributed by atoms with Gasteiger partial charge >= 0.3 is 0 Å². The molecule has 0 saturated heterocycles. The van der Waals surface area contributed by atoms with Crippen LogP contribution in [0, 0.1) is 0 Å². The Morgan fingerprint density at radius 1 is 1.05 bits per heavy atom. The lowest BCUT2D eigenvalue weighted by Crippen LogP contribution is -1.97. The Balaban J connectivity index is 1.99. The van der Waals surface area contributed by atoms with Gasteiger partial charge in [-0.25, -0.2) is 0 Å². The zero-order valence-electron chi connectivity index (χ0n) is 11.5. The highest BCUT2D eigenvalue weighted by molar-refractivity contribution is 5.30. The minimum atomic E-state index is -0.465. The van der Waals surface area contributed by atoms with Crippen LogP contribution in [0.3, 0.4) is 0 Å². The maximum Gasteiger partial charge on any atom is 0.120 e. The van der Waals surface area contributed by atoms with Crippen LogP contribution in [0.4, 0.5) is 0 Å². The third-order valence-electron chi connectivity index (χ3n) is 3.18. The van der Waals surface area contributed by atoms with Crippen molar-refractivity contribution >= 4 is 0 Å². The average Bonchev–Trinajstić information content (AvgIpc) is 2.46. The first-order valence-corrected chi connectivity index (χ1v) is 6.67. The van der Waals surface area contributed by atoms with Gasteiger partial charge in [-0.05, 0) is 42.2 Å². The van der Waals surface area contributed by atoms with Crippen molar-refractivity contribution in [2.24, 2.45) is 0 Å². The second-order valence-corrected chi connectivity index (χ2v) is 4.71. The molecule has 19 heavy (non-hydrogen) atoms. The van der Waals surface area contributed by atoms with Gasteiger partial charge in [-0.3, -0.25) is 0 Å². The topological polar surface area (TPSA) is 29.5 Å². The number of hydrogen-bond acceptors (Lipinski definition) is 2. The van der Waals surface area contributed by atoms with Crippen molar-refractivity contribution in [2.45, 2.75) is 33.0 Å². The van der Waals surface area contributed by atoms with E-state index in [1.54, 1.807) is 6.92 Å². The highest BCUT2D eigenvalue weighted by Crippen LogP contribution is 2.19. The first kappa shape index (κ1) is 13.6. The predicted molar refractivity (Wildman–Crippen MR) is 77.2 cm³/mol. The summed E-state index contributed by atoms with van der Waals surface area (Å²) in [6, 6.07) is 16.0. The van der Waals surface area contributed by atoms with Gasteiger partial charge in [0, 0.05) is 0 Å². The van der Waals surface area contributed by atoms with Gasteiger partial charge in [-0.1, -0.05) is 43.3 Å². The molecule has 2 rings (SSSR count). The molecule has 2 aromatic rings. The van der Waals surface area contributed by atoms with Crippen LogP contribution in [-0.2, 0) is 13.0 Å². The van der Waals surface area contributed by atoms with Crippen molar-refractivity contribution in [1.82, 2.24) is 0 Å². The Labute approximate surface area is 114 Å². The number of ether oxygens (including phenoxy) is 1. The molecule has 2 nitrogen and oxygen atoms in total. The van der Waals surface area contributed by atoms with E-state index in [-0.39, 0.29) is 0 Å². The highest BCUT2D eigenvalue weighted by Gasteiger charge is 2.02. The molecule has 0 bridgehead atoms. The molecule has 0 heterocycles. The second-order valence-electron chi connectivity index (χ2n) is 4.71. The Morgan fingerprint density at radius 3 is 2.37 bits per heavy atom. The van der Waals surface area contributed by atoms with Crippen molar-refractivity contribution < 1.29 is 9.84 Å². The van der Waals surface area contributed by atoms with Crippen LogP contribution >= 0.6 is 0 Å². The van der Waals surface area contributed by atoms with E-state index >= 15 is 0 Å². The van der Waals surface area contributed by atoms with Gasteiger partial charge in [0.25, 0.3) is 0 Å². The average molecular weight is 256 g/mol. The molecule has 1 atom stereocenters. The summed E-state index contributed by atoms with van der Waals surface area (Å²) in [7, 11) is 0. The van der Waals surface area contributed by atoms with E-state index in [0.29, 0.717) is 6.61 Å². The number of aliphatic hydroxyl groups is 1. The minimum absolute atomic E-state index is 0.465. The molecule has 1 N–H and O–H groups in total. The van der Waals surface area contributed by atoms with Gasteiger partial charge in [0.15, 0.2) is 0 Å². The van der Waals surface area contributed by atoms with Gasteiger partial charge in [0.1, 0.15) is 12.4 Å². The monoisotopic (exact) mass is 256 g/mol. The van der Waals surface area contributed by atoms with Crippen molar-refractivity contribution in [3.05, 3.63) is 65.2 Å². The molecule has 0 radical (unpaired) electrons. The largest absolute Gasteiger partial charge is 0.489 e. The lowest BCUT2D eigenvalue weighted by atomic mass is 10.1. The summed E-state index contributed by atoms with van der Waals surface area (Å²) in [5, 5.41) is 9.54. The van der Waals surface area contributed by atoms with Crippen LogP contribution in [0.15, 0.2) is 48.5 Å². The summed E-state index contributed by atoms with van der Waals surface area (Å²) in [6.07, 6.45) is 0.588. The van der Waals surface area contributed by atoms with Crippen molar-refractivity contribution in [1.29, 1.82) is 0 Å². The minimum Gasteiger partial charge on any atom is -0.489 e. The summed E-state index contributed by atoms with van der Waals surface area (Å²) < 4.78 is 5.75. The number of hydrogen-bond donors (Lipinski definition) is 1.